The SMILES string of the molecule is CC(C)OP(=O)([O-])OCc1ccc(-c2ccc(COCc3cccc(CO)c3)cc2)nc1. The van der Waals surface area contributed by atoms with Gasteiger partial charge in [0, 0.05) is 11.8 Å². The van der Waals surface area contributed by atoms with Gasteiger partial charge in [-0.1, -0.05) is 54.6 Å². The molecule has 1 heterocycles. The van der Waals surface area contributed by atoms with Crippen molar-refractivity contribution in [2.24, 2.45) is 0 Å². The molecule has 0 saturated heterocycles. The van der Waals surface area contributed by atoms with E-state index in [4.69, 9.17) is 13.8 Å². The van der Waals surface area contributed by atoms with Crippen molar-refractivity contribution in [3.63, 3.8) is 0 Å². The fourth-order valence-corrected chi connectivity index (χ4v) is 3.88. The molecule has 0 amide bonds. The van der Waals surface area contributed by atoms with Crippen molar-refractivity contribution in [1.82, 2.24) is 4.98 Å². The minimum atomic E-state index is -4.32. The number of phosphoric ester groups is 1. The van der Waals surface area contributed by atoms with E-state index in [0.29, 0.717) is 18.8 Å². The van der Waals surface area contributed by atoms with Gasteiger partial charge in [-0.3, -0.25) is 9.55 Å². The first kappa shape index (κ1) is 24.3. The van der Waals surface area contributed by atoms with E-state index in [1.54, 1.807) is 26.1 Å². The minimum Gasteiger partial charge on any atom is -0.756 e. The van der Waals surface area contributed by atoms with Crippen molar-refractivity contribution < 1.29 is 28.3 Å². The molecule has 0 aliphatic rings. The number of nitrogens with zero attached hydrogens (tertiary/aromatic N) is 1. The van der Waals surface area contributed by atoms with Crippen molar-refractivity contribution >= 4 is 7.82 Å². The molecule has 1 aromatic heterocycles. The molecule has 0 bridgehead atoms. The topological polar surface area (TPSA) is 101 Å². The lowest BCUT2D eigenvalue weighted by Gasteiger charge is -2.24. The van der Waals surface area contributed by atoms with Crippen LogP contribution in [-0.2, 0) is 44.8 Å². The van der Waals surface area contributed by atoms with Crippen molar-refractivity contribution in [1.29, 1.82) is 0 Å². The van der Waals surface area contributed by atoms with E-state index in [9.17, 15) is 14.6 Å². The standard InChI is InChI=1S/C24H28NO6P/c1-18(2)31-32(27,28)30-17-22-8-11-24(25-13-22)23-9-6-19(7-10-23)15-29-16-21-5-3-4-20(12-21)14-26/h3-13,18,26H,14-17H2,1-2H3,(H,27,28)/p-1. The molecule has 2 aromatic carbocycles. The van der Waals surface area contributed by atoms with Crippen LogP contribution >= 0.6 is 7.82 Å². The maximum absolute atomic E-state index is 11.7. The van der Waals surface area contributed by atoms with Gasteiger partial charge in [0.05, 0.1) is 38.2 Å². The Labute approximate surface area is 188 Å². The average Bonchev–Trinajstić information content (AvgIpc) is 2.78. The molecule has 3 aromatic rings. The van der Waals surface area contributed by atoms with E-state index in [1.165, 1.54) is 0 Å². The molecule has 8 heteroatoms. The first-order valence-electron chi connectivity index (χ1n) is 10.3. The van der Waals surface area contributed by atoms with E-state index in [2.05, 4.69) is 4.98 Å². The molecule has 32 heavy (non-hydrogen) atoms. The number of ether oxygens (including phenoxy) is 1. The molecule has 0 aliphatic carbocycles. The maximum atomic E-state index is 11.7. The number of aromatic nitrogens is 1. The van der Waals surface area contributed by atoms with Gasteiger partial charge >= 0.3 is 0 Å². The van der Waals surface area contributed by atoms with Gasteiger partial charge in [-0.2, -0.15) is 0 Å². The van der Waals surface area contributed by atoms with Crippen molar-refractivity contribution in [2.75, 3.05) is 0 Å². The predicted molar refractivity (Wildman–Crippen MR) is 119 cm³/mol. The molecule has 7 nitrogen and oxygen atoms in total. The van der Waals surface area contributed by atoms with Crippen LogP contribution in [0.4, 0.5) is 0 Å². The van der Waals surface area contributed by atoms with Crippen molar-refractivity contribution in [3.8, 4) is 11.3 Å². The molecule has 0 radical (unpaired) electrons. The zero-order valence-corrected chi connectivity index (χ0v) is 19.0. The van der Waals surface area contributed by atoms with Crippen LogP contribution in [0.25, 0.3) is 11.3 Å². The summed E-state index contributed by atoms with van der Waals surface area (Å²) in [6, 6.07) is 19.2. The Balaban J connectivity index is 1.51. The van der Waals surface area contributed by atoms with E-state index >= 15 is 0 Å². The summed E-state index contributed by atoms with van der Waals surface area (Å²) in [5.74, 6) is 0. The second-order valence-corrected chi connectivity index (χ2v) is 8.96. The van der Waals surface area contributed by atoms with Gasteiger partial charge in [-0.15, -0.1) is 0 Å². The number of rotatable bonds is 11. The molecule has 0 saturated carbocycles. The quantitative estimate of drug-likeness (QED) is 0.428. The van der Waals surface area contributed by atoms with Gasteiger partial charge in [-0.25, -0.2) is 0 Å². The van der Waals surface area contributed by atoms with E-state index in [1.807, 2.05) is 54.6 Å². The average molecular weight is 456 g/mol. The fraction of sp³-hybridized carbons (Fsp3) is 0.292. The third-order valence-electron chi connectivity index (χ3n) is 4.52. The third-order valence-corrected chi connectivity index (χ3v) is 5.64. The van der Waals surface area contributed by atoms with Crippen LogP contribution in [0.5, 0.6) is 0 Å². The Bertz CT molecular complexity index is 1040. The monoisotopic (exact) mass is 456 g/mol. The van der Waals surface area contributed by atoms with Gasteiger partial charge in [0.2, 0.25) is 0 Å². The highest BCUT2D eigenvalue weighted by Gasteiger charge is 2.12. The summed E-state index contributed by atoms with van der Waals surface area (Å²) < 4.78 is 27.1. The molecular weight excluding hydrogens is 429 g/mol. The van der Waals surface area contributed by atoms with Gasteiger partial charge in [0.1, 0.15) is 0 Å². The van der Waals surface area contributed by atoms with Crippen LogP contribution in [0, 0.1) is 0 Å². The van der Waals surface area contributed by atoms with Crippen LogP contribution in [0.3, 0.4) is 0 Å². The summed E-state index contributed by atoms with van der Waals surface area (Å²) in [4.78, 5) is 16.1. The molecule has 3 rings (SSSR count). The first-order chi connectivity index (χ1) is 15.3. The summed E-state index contributed by atoms with van der Waals surface area (Å²) in [7, 11) is -4.32. The van der Waals surface area contributed by atoms with Gasteiger partial charge < -0.3 is 23.8 Å². The van der Waals surface area contributed by atoms with Crippen LogP contribution in [0.2, 0.25) is 0 Å². The maximum Gasteiger partial charge on any atom is 0.268 e. The lowest BCUT2D eigenvalue weighted by Crippen LogP contribution is -2.12. The Morgan fingerprint density at radius 1 is 0.938 bits per heavy atom. The molecule has 1 atom stereocenters. The number of hydrogen-bond donors (Lipinski definition) is 1. The van der Waals surface area contributed by atoms with E-state index in [-0.39, 0.29) is 13.2 Å². The normalized spacial score (nSPS) is 13.3. The highest BCUT2D eigenvalue weighted by Crippen LogP contribution is 2.40. The lowest BCUT2D eigenvalue weighted by molar-refractivity contribution is -0.229. The summed E-state index contributed by atoms with van der Waals surface area (Å²) in [5, 5.41) is 9.21. The lowest BCUT2D eigenvalue weighted by atomic mass is 10.1. The molecule has 0 fully saturated rings. The molecule has 170 valence electrons. The van der Waals surface area contributed by atoms with Gasteiger partial charge in [0.15, 0.2) is 0 Å². The van der Waals surface area contributed by atoms with Crippen molar-refractivity contribution in [3.05, 3.63) is 89.1 Å². The van der Waals surface area contributed by atoms with Crippen LogP contribution < -0.4 is 4.89 Å². The summed E-state index contributed by atoms with van der Waals surface area (Å²) >= 11 is 0. The predicted octanol–water partition coefficient (Wildman–Crippen LogP) is 4.37. The highest BCUT2D eigenvalue weighted by atomic mass is 31.2. The third kappa shape index (κ3) is 7.64. The minimum absolute atomic E-state index is 0.0172. The largest absolute Gasteiger partial charge is 0.756 e. The summed E-state index contributed by atoms with van der Waals surface area (Å²) in [6.07, 6.45) is 1.12. The zero-order valence-electron chi connectivity index (χ0n) is 18.1. The Kier molecular flexibility index (Phi) is 8.70. The Hall–Kier alpha value is -2.38. The smallest absolute Gasteiger partial charge is 0.268 e. The first-order valence-corrected chi connectivity index (χ1v) is 11.8. The number of aliphatic hydroxyl groups excluding tert-OH is 1. The van der Waals surface area contributed by atoms with Crippen LogP contribution in [0.15, 0.2) is 66.9 Å². The Morgan fingerprint density at radius 2 is 1.62 bits per heavy atom. The highest BCUT2D eigenvalue weighted by molar-refractivity contribution is 7.45. The molecule has 0 spiro atoms. The van der Waals surface area contributed by atoms with Gasteiger partial charge in [0.25, 0.3) is 7.82 Å². The second-order valence-electron chi connectivity index (χ2n) is 7.59. The molecule has 1 unspecified atom stereocenters. The molecular formula is C24H27NO6P-. The fourth-order valence-electron chi connectivity index (χ4n) is 3.00. The summed E-state index contributed by atoms with van der Waals surface area (Å²) in [6.45, 7) is 4.08. The van der Waals surface area contributed by atoms with E-state index < -0.39 is 13.9 Å². The van der Waals surface area contributed by atoms with E-state index in [0.717, 1.165) is 27.9 Å². The number of benzene rings is 2. The van der Waals surface area contributed by atoms with Crippen molar-refractivity contribution in [2.45, 2.75) is 46.4 Å². The summed E-state index contributed by atoms with van der Waals surface area (Å²) in [5.41, 5.74) is 5.26. The van der Waals surface area contributed by atoms with Gasteiger partial charge in [-0.05, 0) is 42.2 Å². The number of pyridine rings is 1. The number of hydrogen-bond acceptors (Lipinski definition) is 7. The molecule has 1 N–H and O–H groups in total. The Morgan fingerprint density at radius 3 is 2.28 bits per heavy atom. The number of phosphoric acid groups is 1. The van der Waals surface area contributed by atoms with Crippen LogP contribution in [0.1, 0.15) is 36.1 Å². The van der Waals surface area contributed by atoms with Crippen LogP contribution in [-0.4, -0.2) is 16.2 Å². The zero-order chi connectivity index (χ0) is 23.0. The second kappa shape index (κ2) is 11.5. The number of aliphatic hydroxyl groups is 1. The molecule has 0 aliphatic heterocycles.